The fourth-order valence-corrected chi connectivity index (χ4v) is 4.99. The molecule has 1 amide bonds. The summed E-state index contributed by atoms with van der Waals surface area (Å²) in [5, 5.41) is 0.492. The Hall–Kier alpha value is -3.03. The van der Waals surface area contributed by atoms with Crippen molar-refractivity contribution in [3.63, 3.8) is 0 Å². The van der Waals surface area contributed by atoms with E-state index in [0.717, 1.165) is 34.4 Å². The molecule has 0 radical (unpaired) electrons. The molecule has 0 unspecified atom stereocenters. The number of hydrogen-bond acceptors (Lipinski definition) is 6. The van der Waals surface area contributed by atoms with Crippen molar-refractivity contribution < 1.29 is 23.7 Å². The van der Waals surface area contributed by atoms with Crippen LogP contribution in [0.2, 0.25) is 5.02 Å². The number of ether oxygens (including phenoxy) is 4. The van der Waals surface area contributed by atoms with Crippen molar-refractivity contribution in [3.8, 4) is 17.2 Å². The number of aliphatic imine (C=N–C) groups is 1. The number of amides is 1. The fraction of sp³-hybridized carbons (Fsp3) is 0.500. The van der Waals surface area contributed by atoms with Crippen LogP contribution in [-0.4, -0.2) is 62.1 Å². The van der Waals surface area contributed by atoms with Crippen LogP contribution < -0.4 is 14.2 Å². The van der Waals surface area contributed by atoms with E-state index in [0.29, 0.717) is 54.1 Å². The standard InChI is InChI=1S/C32H43ClN2O5/c1-20(2)40-29-16-22(4)24(18-28(29)38-9)11-10-21(3)30(31(36)35-14-15-39-19-32(35,6)7)34-23(5)25-12-13-27(37-8)26(33)17-25/h12-13,16-18,20H,10-11,14-15,19H2,1-9H3/b30-21+,34-23?. The summed E-state index contributed by atoms with van der Waals surface area (Å²) in [5.41, 5.74) is 4.69. The summed E-state index contributed by atoms with van der Waals surface area (Å²) in [5.74, 6) is 1.93. The number of nitrogens with zero attached hydrogens (tertiary/aromatic N) is 2. The monoisotopic (exact) mass is 570 g/mol. The molecule has 0 N–H and O–H groups in total. The molecule has 1 saturated heterocycles. The van der Waals surface area contributed by atoms with E-state index in [-0.39, 0.29) is 12.0 Å². The number of morpholine rings is 1. The van der Waals surface area contributed by atoms with Gasteiger partial charge in [0.25, 0.3) is 5.91 Å². The first-order valence-corrected chi connectivity index (χ1v) is 14.1. The maximum Gasteiger partial charge on any atom is 0.273 e. The van der Waals surface area contributed by atoms with Gasteiger partial charge in [0.15, 0.2) is 11.5 Å². The molecule has 1 fully saturated rings. The Bertz CT molecular complexity index is 1280. The summed E-state index contributed by atoms with van der Waals surface area (Å²) < 4.78 is 22.5. The van der Waals surface area contributed by atoms with Crippen LogP contribution in [0.15, 0.2) is 46.6 Å². The molecular formula is C32H43ClN2O5. The molecule has 7 nitrogen and oxygen atoms in total. The average Bonchev–Trinajstić information content (AvgIpc) is 2.90. The molecule has 40 heavy (non-hydrogen) atoms. The van der Waals surface area contributed by atoms with Crippen molar-refractivity contribution in [1.82, 2.24) is 4.90 Å². The van der Waals surface area contributed by atoms with E-state index >= 15 is 0 Å². The van der Waals surface area contributed by atoms with Gasteiger partial charge in [-0.1, -0.05) is 11.6 Å². The highest BCUT2D eigenvalue weighted by atomic mass is 35.5. The summed E-state index contributed by atoms with van der Waals surface area (Å²) in [6, 6.07) is 9.57. The van der Waals surface area contributed by atoms with Gasteiger partial charge in [-0.15, -0.1) is 0 Å². The largest absolute Gasteiger partial charge is 0.495 e. The Labute approximate surface area is 244 Å². The van der Waals surface area contributed by atoms with Crippen LogP contribution in [0.25, 0.3) is 0 Å². The van der Waals surface area contributed by atoms with E-state index in [1.807, 2.05) is 76.8 Å². The minimum Gasteiger partial charge on any atom is -0.495 e. The van der Waals surface area contributed by atoms with Crippen molar-refractivity contribution in [2.45, 2.75) is 73.0 Å². The van der Waals surface area contributed by atoms with E-state index < -0.39 is 5.54 Å². The maximum absolute atomic E-state index is 14.0. The second-order valence-electron chi connectivity index (χ2n) is 11.1. The number of methoxy groups -OCH3 is 2. The van der Waals surface area contributed by atoms with Crippen molar-refractivity contribution in [1.29, 1.82) is 0 Å². The Kier molecular flexibility index (Phi) is 10.7. The molecule has 0 bridgehead atoms. The van der Waals surface area contributed by atoms with E-state index in [4.69, 9.17) is 35.5 Å². The SMILES string of the molecule is COc1ccc(C(C)=N/C(C(=O)N2CCOCC2(C)C)=C(\C)CCc2cc(OC)c(OC(C)C)cc2C)cc1Cl. The molecule has 0 atom stereocenters. The fourth-order valence-electron chi connectivity index (χ4n) is 4.73. The lowest BCUT2D eigenvalue weighted by molar-refractivity contribution is -0.142. The molecular weight excluding hydrogens is 528 g/mol. The van der Waals surface area contributed by atoms with Crippen molar-refractivity contribution >= 4 is 23.2 Å². The number of carbonyl (C=O) groups excluding carboxylic acids is 1. The third kappa shape index (κ3) is 7.58. The Morgan fingerprint density at radius 2 is 1.80 bits per heavy atom. The predicted octanol–water partition coefficient (Wildman–Crippen LogP) is 6.81. The summed E-state index contributed by atoms with van der Waals surface area (Å²) in [6.07, 6.45) is 1.42. The van der Waals surface area contributed by atoms with Crippen LogP contribution in [-0.2, 0) is 16.0 Å². The smallest absolute Gasteiger partial charge is 0.273 e. The Morgan fingerprint density at radius 1 is 1.10 bits per heavy atom. The highest BCUT2D eigenvalue weighted by Crippen LogP contribution is 2.33. The van der Waals surface area contributed by atoms with Gasteiger partial charge in [0.2, 0.25) is 0 Å². The van der Waals surface area contributed by atoms with E-state index in [9.17, 15) is 4.79 Å². The third-order valence-electron chi connectivity index (χ3n) is 7.10. The van der Waals surface area contributed by atoms with Crippen molar-refractivity contribution in [3.05, 3.63) is 63.3 Å². The zero-order valence-electron chi connectivity index (χ0n) is 25.3. The van der Waals surface area contributed by atoms with Gasteiger partial charge in [0, 0.05) is 12.3 Å². The van der Waals surface area contributed by atoms with Crippen LogP contribution in [0.1, 0.15) is 64.7 Å². The lowest BCUT2D eigenvalue weighted by Gasteiger charge is -2.42. The molecule has 3 rings (SSSR count). The zero-order chi connectivity index (χ0) is 29.6. The van der Waals surface area contributed by atoms with Crippen LogP contribution in [0.3, 0.4) is 0 Å². The molecule has 0 saturated carbocycles. The number of aryl methyl sites for hydroxylation is 2. The van der Waals surface area contributed by atoms with Gasteiger partial charge in [0.05, 0.1) is 44.1 Å². The molecule has 0 aromatic heterocycles. The average molecular weight is 571 g/mol. The number of hydrogen-bond donors (Lipinski definition) is 0. The molecule has 0 aliphatic carbocycles. The van der Waals surface area contributed by atoms with E-state index in [2.05, 4.69) is 6.92 Å². The highest BCUT2D eigenvalue weighted by Gasteiger charge is 2.36. The lowest BCUT2D eigenvalue weighted by Crippen LogP contribution is -2.55. The van der Waals surface area contributed by atoms with Crippen LogP contribution >= 0.6 is 11.6 Å². The summed E-state index contributed by atoms with van der Waals surface area (Å²) >= 11 is 6.39. The van der Waals surface area contributed by atoms with Crippen LogP contribution in [0.5, 0.6) is 17.2 Å². The number of benzene rings is 2. The molecule has 2 aromatic rings. The first-order valence-electron chi connectivity index (χ1n) is 13.7. The minimum absolute atomic E-state index is 0.0454. The Morgan fingerprint density at radius 3 is 2.40 bits per heavy atom. The number of rotatable bonds is 10. The van der Waals surface area contributed by atoms with Crippen molar-refractivity contribution in [2.75, 3.05) is 34.0 Å². The normalized spacial score (nSPS) is 16.1. The highest BCUT2D eigenvalue weighted by molar-refractivity contribution is 6.32. The quantitative estimate of drug-likeness (QED) is 0.232. The maximum atomic E-state index is 14.0. The van der Waals surface area contributed by atoms with Gasteiger partial charge in [-0.25, -0.2) is 4.99 Å². The Balaban J connectivity index is 2.00. The first-order chi connectivity index (χ1) is 18.9. The molecule has 1 aliphatic rings. The second kappa shape index (κ2) is 13.6. The zero-order valence-corrected chi connectivity index (χ0v) is 26.1. The molecule has 218 valence electrons. The van der Waals surface area contributed by atoms with Gasteiger partial charge in [-0.2, -0.15) is 0 Å². The second-order valence-corrected chi connectivity index (χ2v) is 11.5. The summed E-state index contributed by atoms with van der Waals surface area (Å²) in [6.45, 7) is 15.5. The molecule has 1 heterocycles. The van der Waals surface area contributed by atoms with Crippen LogP contribution in [0, 0.1) is 6.92 Å². The lowest BCUT2D eigenvalue weighted by atomic mass is 9.97. The number of allylic oxidation sites excluding steroid dienone is 1. The molecule has 2 aromatic carbocycles. The van der Waals surface area contributed by atoms with Gasteiger partial charge in [0.1, 0.15) is 11.4 Å². The van der Waals surface area contributed by atoms with E-state index in [1.54, 1.807) is 14.2 Å². The topological polar surface area (TPSA) is 69.6 Å². The first kappa shape index (κ1) is 31.5. The van der Waals surface area contributed by atoms with Gasteiger partial charge in [-0.05, 0) is 114 Å². The van der Waals surface area contributed by atoms with Gasteiger partial charge in [-0.3, -0.25) is 4.79 Å². The minimum atomic E-state index is -0.441. The molecule has 8 heteroatoms. The van der Waals surface area contributed by atoms with Gasteiger partial charge >= 0.3 is 0 Å². The van der Waals surface area contributed by atoms with E-state index in [1.165, 1.54) is 0 Å². The van der Waals surface area contributed by atoms with Crippen LogP contribution in [0.4, 0.5) is 0 Å². The molecule has 0 spiro atoms. The summed E-state index contributed by atoms with van der Waals surface area (Å²) in [4.78, 5) is 20.8. The third-order valence-corrected chi connectivity index (χ3v) is 7.40. The van der Waals surface area contributed by atoms with Crippen molar-refractivity contribution in [2.24, 2.45) is 4.99 Å². The molecule has 1 aliphatic heterocycles. The number of halogens is 1. The number of carbonyl (C=O) groups is 1. The summed E-state index contributed by atoms with van der Waals surface area (Å²) in [7, 11) is 3.23. The predicted molar refractivity (Wildman–Crippen MR) is 161 cm³/mol. The van der Waals surface area contributed by atoms with Gasteiger partial charge < -0.3 is 23.8 Å².